The predicted molar refractivity (Wildman–Crippen MR) is 111 cm³/mol. The van der Waals surface area contributed by atoms with Crippen LogP contribution in [0.4, 0.5) is 0 Å². The summed E-state index contributed by atoms with van der Waals surface area (Å²) in [6, 6.07) is 15.0. The molecule has 0 fully saturated rings. The minimum atomic E-state index is 0.101. The third kappa shape index (κ3) is 5.06. The molecule has 1 N–H and O–H groups in total. The van der Waals surface area contributed by atoms with Crippen LogP contribution in [0.3, 0.4) is 0 Å². The van der Waals surface area contributed by atoms with Crippen molar-refractivity contribution in [1.82, 2.24) is 15.0 Å². The van der Waals surface area contributed by atoms with Crippen LogP contribution in [0.1, 0.15) is 39.5 Å². The Kier molecular flexibility index (Phi) is 6.95. The highest BCUT2D eigenvalue weighted by Gasteiger charge is 2.12. The summed E-state index contributed by atoms with van der Waals surface area (Å²) in [6.07, 6.45) is 6.15. The molecule has 0 spiro atoms. The van der Waals surface area contributed by atoms with Crippen LogP contribution in [0.2, 0.25) is 0 Å². The molecule has 1 unspecified atom stereocenters. The molecule has 1 atom stereocenters. The van der Waals surface area contributed by atoms with E-state index in [2.05, 4.69) is 28.8 Å². The summed E-state index contributed by atoms with van der Waals surface area (Å²) in [6.45, 7) is 5.06. The van der Waals surface area contributed by atoms with Gasteiger partial charge in [-0.25, -0.2) is 15.0 Å². The molecule has 0 aliphatic rings. The van der Waals surface area contributed by atoms with Crippen LogP contribution in [0.25, 0.3) is 22.8 Å². The van der Waals surface area contributed by atoms with Crippen molar-refractivity contribution in [1.29, 1.82) is 0 Å². The van der Waals surface area contributed by atoms with Crippen LogP contribution in [0.15, 0.2) is 54.9 Å². The van der Waals surface area contributed by atoms with Crippen LogP contribution >= 0.6 is 0 Å². The first-order valence-electron chi connectivity index (χ1n) is 9.91. The summed E-state index contributed by atoms with van der Waals surface area (Å²) in [5.74, 6) is 2.32. The number of unbranched alkanes of at least 4 members (excludes halogenated alkanes) is 1. The summed E-state index contributed by atoms with van der Waals surface area (Å²) in [5, 5.41) is 10.5. The van der Waals surface area contributed by atoms with E-state index in [1.165, 1.54) is 25.6 Å². The molecule has 0 radical (unpaired) electrons. The number of aromatic nitrogens is 3. The Morgan fingerprint density at radius 2 is 1.79 bits per heavy atom. The largest absolute Gasteiger partial charge is 0.507 e. The highest BCUT2D eigenvalue weighted by molar-refractivity contribution is 5.67. The average molecular weight is 377 g/mol. The molecule has 0 aliphatic heterocycles. The van der Waals surface area contributed by atoms with E-state index in [4.69, 9.17) is 4.74 Å². The van der Waals surface area contributed by atoms with Gasteiger partial charge in [0.15, 0.2) is 11.6 Å². The number of hydrogen-bond acceptors (Lipinski definition) is 5. The molecular formula is C23H27N3O2. The highest BCUT2D eigenvalue weighted by atomic mass is 16.5. The van der Waals surface area contributed by atoms with Crippen molar-refractivity contribution >= 4 is 0 Å². The topological polar surface area (TPSA) is 68.1 Å². The van der Waals surface area contributed by atoms with E-state index in [0.29, 0.717) is 35.5 Å². The maximum Gasteiger partial charge on any atom is 0.167 e. The van der Waals surface area contributed by atoms with Gasteiger partial charge in [0, 0.05) is 11.6 Å². The van der Waals surface area contributed by atoms with E-state index in [1.807, 2.05) is 36.4 Å². The van der Waals surface area contributed by atoms with Crippen molar-refractivity contribution in [2.75, 3.05) is 6.61 Å². The Bertz CT molecular complexity index is 884. The van der Waals surface area contributed by atoms with Gasteiger partial charge in [0.25, 0.3) is 0 Å². The first kappa shape index (κ1) is 19.8. The van der Waals surface area contributed by atoms with E-state index in [0.717, 1.165) is 12.0 Å². The average Bonchev–Trinajstić information content (AvgIpc) is 2.75. The van der Waals surface area contributed by atoms with Gasteiger partial charge in [-0.05, 0) is 24.5 Å². The lowest BCUT2D eigenvalue weighted by atomic mass is 10.0. The lowest BCUT2D eigenvalue weighted by Gasteiger charge is -2.16. The summed E-state index contributed by atoms with van der Waals surface area (Å²) in [7, 11) is 0. The monoisotopic (exact) mass is 377 g/mol. The molecule has 0 saturated heterocycles. The Hall–Kier alpha value is -2.95. The van der Waals surface area contributed by atoms with Crippen LogP contribution < -0.4 is 4.74 Å². The molecule has 0 aliphatic carbocycles. The fraction of sp³-hybridized carbons (Fsp3) is 0.348. The SMILES string of the molecule is CCCCC(CC)COc1ccc(-c2ncnc(-c3ccccc3)n2)c(O)c1. The number of benzene rings is 2. The quantitative estimate of drug-likeness (QED) is 0.533. The maximum atomic E-state index is 10.5. The van der Waals surface area contributed by atoms with Crippen LogP contribution in [-0.4, -0.2) is 26.7 Å². The predicted octanol–water partition coefficient (Wildman–Crippen LogP) is 5.51. The van der Waals surface area contributed by atoms with Gasteiger partial charge < -0.3 is 9.84 Å². The van der Waals surface area contributed by atoms with Gasteiger partial charge in [0.1, 0.15) is 17.8 Å². The zero-order chi connectivity index (χ0) is 19.8. The molecule has 0 bridgehead atoms. The highest BCUT2D eigenvalue weighted by Crippen LogP contribution is 2.31. The van der Waals surface area contributed by atoms with E-state index in [-0.39, 0.29) is 5.75 Å². The second-order valence-electron chi connectivity index (χ2n) is 6.91. The molecule has 2 aromatic carbocycles. The smallest absolute Gasteiger partial charge is 0.167 e. The summed E-state index contributed by atoms with van der Waals surface area (Å²) in [5.41, 5.74) is 1.47. The molecule has 3 rings (SSSR count). The van der Waals surface area contributed by atoms with Gasteiger partial charge in [-0.3, -0.25) is 0 Å². The molecule has 1 aromatic heterocycles. The lowest BCUT2D eigenvalue weighted by Crippen LogP contribution is -2.11. The van der Waals surface area contributed by atoms with E-state index in [1.54, 1.807) is 12.1 Å². The third-order valence-corrected chi connectivity index (χ3v) is 4.84. The van der Waals surface area contributed by atoms with Crippen molar-refractivity contribution in [3.05, 3.63) is 54.9 Å². The van der Waals surface area contributed by atoms with Crippen LogP contribution in [0, 0.1) is 5.92 Å². The first-order chi connectivity index (χ1) is 13.7. The molecule has 5 heteroatoms. The molecule has 28 heavy (non-hydrogen) atoms. The Morgan fingerprint density at radius 3 is 2.50 bits per heavy atom. The van der Waals surface area contributed by atoms with Crippen LogP contribution in [0.5, 0.6) is 11.5 Å². The van der Waals surface area contributed by atoms with E-state index < -0.39 is 0 Å². The van der Waals surface area contributed by atoms with Crippen molar-refractivity contribution in [2.45, 2.75) is 39.5 Å². The van der Waals surface area contributed by atoms with Crippen LogP contribution in [-0.2, 0) is 0 Å². The number of phenols is 1. The summed E-state index contributed by atoms with van der Waals surface area (Å²) in [4.78, 5) is 13.0. The van der Waals surface area contributed by atoms with Crippen molar-refractivity contribution in [3.63, 3.8) is 0 Å². The number of aromatic hydroxyl groups is 1. The fourth-order valence-corrected chi connectivity index (χ4v) is 3.05. The maximum absolute atomic E-state index is 10.5. The Balaban J connectivity index is 1.74. The number of rotatable bonds is 9. The number of ether oxygens (including phenoxy) is 1. The van der Waals surface area contributed by atoms with Crippen molar-refractivity contribution in [2.24, 2.45) is 5.92 Å². The minimum absolute atomic E-state index is 0.101. The zero-order valence-corrected chi connectivity index (χ0v) is 16.5. The molecule has 5 nitrogen and oxygen atoms in total. The van der Waals surface area contributed by atoms with Gasteiger partial charge in [-0.1, -0.05) is 63.4 Å². The van der Waals surface area contributed by atoms with Crippen molar-refractivity contribution < 1.29 is 9.84 Å². The van der Waals surface area contributed by atoms with E-state index >= 15 is 0 Å². The van der Waals surface area contributed by atoms with E-state index in [9.17, 15) is 5.11 Å². The van der Waals surface area contributed by atoms with Gasteiger partial charge >= 0.3 is 0 Å². The first-order valence-corrected chi connectivity index (χ1v) is 9.91. The zero-order valence-electron chi connectivity index (χ0n) is 16.5. The fourth-order valence-electron chi connectivity index (χ4n) is 3.05. The molecule has 0 amide bonds. The van der Waals surface area contributed by atoms with Gasteiger partial charge in [-0.15, -0.1) is 0 Å². The second kappa shape index (κ2) is 9.83. The molecular weight excluding hydrogens is 350 g/mol. The summed E-state index contributed by atoms with van der Waals surface area (Å²) < 4.78 is 5.91. The lowest BCUT2D eigenvalue weighted by molar-refractivity contribution is 0.232. The summed E-state index contributed by atoms with van der Waals surface area (Å²) >= 11 is 0. The standard InChI is InChI=1S/C23H27N3O2/c1-3-5-9-17(4-2)15-28-19-12-13-20(21(27)14-19)23-25-16-24-22(26-23)18-10-7-6-8-11-18/h6-8,10-14,16-17,27H,3-5,9,15H2,1-2H3. The number of hydrogen-bond donors (Lipinski definition) is 1. The Morgan fingerprint density at radius 1 is 1.00 bits per heavy atom. The molecule has 1 heterocycles. The van der Waals surface area contributed by atoms with Gasteiger partial charge in [0.05, 0.1) is 12.2 Å². The third-order valence-electron chi connectivity index (χ3n) is 4.84. The molecule has 3 aromatic rings. The normalized spacial score (nSPS) is 11.9. The van der Waals surface area contributed by atoms with Gasteiger partial charge in [-0.2, -0.15) is 0 Å². The number of phenolic OH excluding ortho intramolecular Hbond substituents is 1. The number of nitrogens with zero attached hydrogens (tertiary/aromatic N) is 3. The Labute approximate surface area is 166 Å². The molecule has 0 saturated carbocycles. The second-order valence-corrected chi connectivity index (χ2v) is 6.91. The van der Waals surface area contributed by atoms with Gasteiger partial charge in [0.2, 0.25) is 0 Å². The minimum Gasteiger partial charge on any atom is -0.507 e. The van der Waals surface area contributed by atoms with Crippen molar-refractivity contribution in [3.8, 4) is 34.3 Å². The molecule has 146 valence electrons.